The van der Waals surface area contributed by atoms with E-state index in [-0.39, 0.29) is 11.1 Å². The average molecular weight is 278 g/mol. The molecular formula is C14H12ClNO3. The van der Waals surface area contributed by atoms with Crippen LogP contribution in [0.1, 0.15) is 22.3 Å². The van der Waals surface area contributed by atoms with Crippen LogP contribution in [0.4, 0.5) is 0 Å². The van der Waals surface area contributed by atoms with Gasteiger partial charge >= 0.3 is 5.76 Å². The summed E-state index contributed by atoms with van der Waals surface area (Å²) in [5, 5.41) is -0.325. The number of hydrogen-bond acceptors (Lipinski definition) is 3. The van der Waals surface area contributed by atoms with Crippen LogP contribution in [-0.4, -0.2) is 4.57 Å². The molecule has 1 aromatic carbocycles. The number of oxazole rings is 1. The molecule has 0 aliphatic carbocycles. The third kappa shape index (κ3) is 1.88. The molecule has 0 saturated heterocycles. The maximum Gasteiger partial charge on any atom is 0.419 e. The second-order valence-corrected chi connectivity index (χ2v) is 4.89. The van der Waals surface area contributed by atoms with Gasteiger partial charge in [-0.2, -0.15) is 0 Å². The molecule has 1 unspecified atom stereocenters. The van der Waals surface area contributed by atoms with E-state index < -0.39 is 0 Å². The van der Waals surface area contributed by atoms with Crippen LogP contribution in [-0.2, 0) is 7.05 Å². The fourth-order valence-electron chi connectivity index (χ4n) is 2.15. The summed E-state index contributed by atoms with van der Waals surface area (Å²) in [7, 11) is 1.67. The van der Waals surface area contributed by atoms with Crippen molar-refractivity contribution in [3.05, 3.63) is 58.0 Å². The fourth-order valence-corrected chi connectivity index (χ4v) is 2.51. The Labute approximate surface area is 114 Å². The first-order valence-corrected chi connectivity index (χ1v) is 6.29. The molecule has 0 aliphatic heterocycles. The molecule has 5 heteroatoms. The molecule has 0 aliphatic rings. The minimum Gasteiger partial charge on any atom is -0.469 e. The number of aromatic nitrogens is 1. The fraction of sp³-hybridized carbons (Fsp3) is 0.214. The van der Waals surface area contributed by atoms with Crippen LogP contribution >= 0.6 is 11.6 Å². The van der Waals surface area contributed by atoms with Gasteiger partial charge in [0.1, 0.15) is 5.76 Å². The van der Waals surface area contributed by atoms with Crippen molar-refractivity contribution in [3.63, 3.8) is 0 Å². The Kier molecular flexibility index (Phi) is 2.75. The van der Waals surface area contributed by atoms with E-state index in [4.69, 9.17) is 20.4 Å². The number of nitrogens with zero attached hydrogens (tertiary/aromatic N) is 1. The molecular weight excluding hydrogens is 266 g/mol. The van der Waals surface area contributed by atoms with Crippen LogP contribution in [0.15, 0.2) is 44.2 Å². The topological polar surface area (TPSA) is 48.3 Å². The Balaban J connectivity index is 2.11. The van der Waals surface area contributed by atoms with E-state index in [1.54, 1.807) is 19.4 Å². The van der Waals surface area contributed by atoms with Crippen molar-refractivity contribution in [2.24, 2.45) is 7.05 Å². The zero-order chi connectivity index (χ0) is 13.6. The second kappa shape index (κ2) is 4.31. The summed E-state index contributed by atoms with van der Waals surface area (Å²) in [4.78, 5) is 11.5. The lowest BCUT2D eigenvalue weighted by Crippen LogP contribution is -2.08. The molecule has 3 rings (SSSR count). The van der Waals surface area contributed by atoms with Gasteiger partial charge in [0, 0.05) is 12.6 Å². The van der Waals surface area contributed by atoms with E-state index in [9.17, 15) is 4.79 Å². The maximum atomic E-state index is 11.5. The maximum absolute atomic E-state index is 11.5. The van der Waals surface area contributed by atoms with Gasteiger partial charge in [0.25, 0.3) is 0 Å². The molecule has 2 heterocycles. The smallest absolute Gasteiger partial charge is 0.419 e. The van der Waals surface area contributed by atoms with Gasteiger partial charge in [0.2, 0.25) is 0 Å². The molecule has 4 nitrogen and oxygen atoms in total. The summed E-state index contributed by atoms with van der Waals surface area (Å²) in [6.45, 7) is 1.87. The number of hydrogen-bond donors (Lipinski definition) is 0. The molecule has 0 amide bonds. The molecule has 0 spiro atoms. The van der Waals surface area contributed by atoms with Crippen molar-refractivity contribution in [1.29, 1.82) is 0 Å². The van der Waals surface area contributed by atoms with Gasteiger partial charge in [0.05, 0.1) is 17.2 Å². The van der Waals surface area contributed by atoms with Crippen molar-refractivity contribution in [3.8, 4) is 0 Å². The summed E-state index contributed by atoms with van der Waals surface area (Å²) in [6.07, 6.45) is 1.61. The third-order valence-corrected chi connectivity index (χ3v) is 3.77. The highest BCUT2D eigenvalue weighted by Crippen LogP contribution is 2.32. The number of rotatable bonds is 2. The molecule has 0 bridgehead atoms. The predicted octanol–water partition coefficient (Wildman–Crippen LogP) is 3.36. The Morgan fingerprint density at radius 2 is 2.11 bits per heavy atom. The highest BCUT2D eigenvalue weighted by Gasteiger charge is 2.17. The van der Waals surface area contributed by atoms with Crippen LogP contribution < -0.4 is 5.76 Å². The number of furan rings is 1. The molecule has 1 atom stereocenters. The number of aryl methyl sites for hydroxylation is 2. The molecule has 2 aromatic heterocycles. The van der Waals surface area contributed by atoms with E-state index >= 15 is 0 Å². The highest BCUT2D eigenvalue weighted by atomic mass is 35.5. The zero-order valence-electron chi connectivity index (χ0n) is 10.5. The zero-order valence-corrected chi connectivity index (χ0v) is 11.3. The Hall–Kier alpha value is -1.94. The van der Waals surface area contributed by atoms with Crippen molar-refractivity contribution in [2.75, 3.05) is 0 Å². The van der Waals surface area contributed by atoms with Gasteiger partial charge in [-0.15, -0.1) is 11.6 Å². The summed E-state index contributed by atoms with van der Waals surface area (Å²) in [5.74, 6) is 0.410. The second-order valence-electron chi connectivity index (χ2n) is 4.45. The van der Waals surface area contributed by atoms with E-state index in [2.05, 4.69) is 0 Å². The molecule has 98 valence electrons. The number of benzene rings is 1. The van der Waals surface area contributed by atoms with Crippen LogP contribution in [0.3, 0.4) is 0 Å². The minimum atomic E-state index is -0.377. The first kappa shape index (κ1) is 12.1. The quantitative estimate of drug-likeness (QED) is 0.675. The lowest BCUT2D eigenvalue weighted by molar-refractivity contribution is 0.527. The normalized spacial score (nSPS) is 13.0. The van der Waals surface area contributed by atoms with Crippen LogP contribution in [0, 0.1) is 6.92 Å². The van der Waals surface area contributed by atoms with Crippen molar-refractivity contribution >= 4 is 22.7 Å². The Bertz CT molecular complexity index is 796. The third-order valence-electron chi connectivity index (χ3n) is 3.28. The molecule has 0 saturated carbocycles. The number of alkyl halides is 1. The van der Waals surface area contributed by atoms with Gasteiger partial charge in [-0.3, -0.25) is 4.57 Å². The summed E-state index contributed by atoms with van der Waals surface area (Å²) in [5.41, 5.74) is 3.07. The van der Waals surface area contributed by atoms with Crippen molar-refractivity contribution in [1.82, 2.24) is 4.57 Å². The van der Waals surface area contributed by atoms with Crippen LogP contribution in [0.5, 0.6) is 0 Å². The van der Waals surface area contributed by atoms with E-state index in [0.29, 0.717) is 5.58 Å². The summed E-state index contributed by atoms with van der Waals surface area (Å²) >= 11 is 6.44. The van der Waals surface area contributed by atoms with E-state index in [1.165, 1.54) is 4.57 Å². The molecule has 19 heavy (non-hydrogen) atoms. The Morgan fingerprint density at radius 3 is 2.79 bits per heavy atom. The van der Waals surface area contributed by atoms with Gasteiger partial charge in [-0.1, -0.05) is 6.07 Å². The van der Waals surface area contributed by atoms with Gasteiger partial charge in [0.15, 0.2) is 5.58 Å². The first-order chi connectivity index (χ1) is 9.08. The van der Waals surface area contributed by atoms with Gasteiger partial charge in [-0.25, -0.2) is 4.79 Å². The summed E-state index contributed by atoms with van der Waals surface area (Å²) in [6, 6.07) is 7.36. The lowest BCUT2D eigenvalue weighted by Gasteiger charge is -2.08. The molecule has 3 aromatic rings. The van der Waals surface area contributed by atoms with Gasteiger partial charge < -0.3 is 8.83 Å². The van der Waals surface area contributed by atoms with E-state index in [1.807, 2.05) is 25.1 Å². The summed E-state index contributed by atoms with van der Waals surface area (Å²) < 4.78 is 11.9. The highest BCUT2D eigenvalue weighted by molar-refractivity contribution is 6.22. The average Bonchev–Trinajstić information content (AvgIpc) is 2.93. The van der Waals surface area contributed by atoms with Crippen LogP contribution in [0.25, 0.3) is 11.1 Å². The SMILES string of the molecule is Cc1occc1C(Cl)c1ccc2c(c1)oc(=O)n2C. The number of halogens is 1. The monoisotopic (exact) mass is 277 g/mol. The predicted molar refractivity (Wildman–Crippen MR) is 72.6 cm³/mol. The van der Waals surface area contributed by atoms with Crippen LogP contribution in [0.2, 0.25) is 0 Å². The van der Waals surface area contributed by atoms with Gasteiger partial charge in [-0.05, 0) is 30.7 Å². The van der Waals surface area contributed by atoms with Crippen molar-refractivity contribution in [2.45, 2.75) is 12.3 Å². The molecule has 0 fully saturated rings. The van der Waals surface area contributed by atoms with Crippen molar-refractivity contribution < 1.29 is 8.83 Å². The van der Waals surface area contributed by atoms with E-state index in [0.717, 1.165) is 22.4 Å². The first-order valence-electron chi connectivity index (χ1n) is 5.85. The molecule has 0 N–H and O–H groups in total. The minimum absolute atomic E-state index is 0.325. The molecule has 0 radical (unpaired) electrons. The lowest BCUT2D eigenvalue weighted by atomic mass is 10.0. The Morgan fingerprint density at radius 1 is 1.32 bits per heavy atom. The number of fused-ring (bicyclic) bond motifs is 1. The standard InChI is InChI=1S/C14H12ClNO3/c1-8-10(5-6-18-8)13(15)9-3-4-11-12(7-9)19-14(17)16(11)2/h3-7,13H,1-2H3. The largest absolute Gasteiger partial charge is 0.469 e.